The molecule has 0 spiro atoms. The fourth-order valence-corrected chi connectivity index (χ4v) is 1.42. The lowest BCUT2D eigenvalue weighted by atomic mass is 10.5. The molecule has 0 aromatic carbocycles. The second-order valence-electron chi connectivity index (χ2n) is 2.49. The molecule has 0 bridgehead atoms. The van der Waals surface area contributed by atoms with Crippen molar-refractivity contribution in [1.82, 2.24) is 5.32 Å². The molecule has 0 atom stereocenters. The van der Waals surface area contributed by atoms with Gasteiger partial charge in [-0.1, -0.05) is 13.8 Å². The van der Waals surface area contributed by atoms with E-state index in [-0.39, 0.29) is 11.5 Å². The summed E-state index contributed by atoms with van der Waals surface area (Å²) in [4.78, 5) is 0. The Morgan fingerprint density at radius 3 is 2.27 bits per heavy atom. The fourth-order valence-electron chi connectivity index (χ4n) is 0.674. The van der Waals surface area contributed by atoms with E-state index in [1.54, 1.807) is 6.92 Å². The summed E-state index contributed by atoms with van der Waals surface area (Å²) in [5.41, 5.74) is 0. The van der Waals surface area contributed by atoms with Gasteiger partial charge < -0.3 is 5.32 Å². The summed E-state index contributed by atoms with van der Waals surface area (Å²) in [6.07, 6.45) is 1.05. The van der Waals surface area contributed by atoms with Gasteiger partial charge in [0.25, 0.3) is 0 Å². The molecular formula is C7H17NO2S. The number of sulfone groups is 1. The molecule has 0 fully saturated rings. The van der Waals surface area contributed by atoms with Crippen LogP contribution in [0.4, 0.5) is 0 Å². The van der Waals surface area contributed by atoms with Crippen LogP contribution in [0.1, 0.15) is 20.3 Å². The van der Waals surface area contributed by atoms with Gasteiger partial charge in [0.05, 0.1) is 5.75 Å². The third-order valence-corrected chi connectivity index (χ3v) is 3.16. The van der Waals surface area contributed by atoms with Gasteiger partial charge in [0.1, 0.15) is 0 Å². The first kappa shape index (κ1) is 10.9. The Labute approximate surface area is 69.1 Å². The van der Waals surface area contributed by atoms with E-state index in [0.29, 0.717) is 6.54 Å². The van der Waals surface area contributed by atoms with Gasteiger partial charge in [-0.25, -0.2) is 8.42 Å². The van der Waals surface area contributed by atoms with Crippen molar-refractivity contribution in [3.63, 3.8) is 0 Å². The molecule has 0 aliphatic heterocycles. The van der Waals surface area contributed by atoms with Crippen molar-refractivity contribution in [3.8, 4) is 0 Å². The summed E-state index contributed by atoms with van der Waals surface area (Å²) < 4.78 is 21.8. The van der Waals surface area contributed by atoms with Gasteiger partial charge in [0.15, 0.2) is 9.84 Å². The average molecular weight is 179 g/mol. The van der Waals surface area contributed by atoms with Crippen molar-refractivity contribution < 1.29 is 8.42 Å². The van der Waals surface area contributed by atoms with Crippen molar-refractivity contribution in [2.45, 2.75) is 20.3 Å². The zero-order chi connectivity index (χ0) is 8.74. The fraction of sp³-hybridized carbons (Fsp3) is 1.00. The first-order valence-corrected chi connectivity index (χ1v) is 5.85. The predicted molar refractivity (Wildman–Crippen MR) is 47.5 cm³/mol. The maximum absolute atomic E-state index is 10.9. The van der Waals surface area contributed by atoms with Crippen LogP contribution in [0.3, 0.4) is 0 Å². The van der Waals surface area contributed by atoms with E-state index in [1.165, 1.54) is 0 Å². The largest absolute Gasteiger partial charge is 0.316 e. The van der Waals surface area contributed by atoms with Crippen LogP contribution in [-0.2, 0) is 9.84 Å². The summed E-state index contributed by atoms with van der Waals surface area (Å²) >= 11 is 0. The minimum Gasteiger partial charge on any atom is -0.316 e. The Balaban J connectivity index is 3.39. The monoisotopic (exact) mass is 179 g/mol. The highest BCUT2D eigenvalue weighted by Crippen LogP contribution is 1.86. The van der Waals surface area contributed by atoms with E-state index < -0.39 is 9.84 Å². The van der Waals surface area contributed by atoms with Gasteiger partial charge in [-0.3, -0.25) is 0 Å². The molecule has 0 heterocycles. The number of nitrogens with one attached hydrogen (secondary N) is 1. The standard InChI is InChI=1S/C7H17NO2S/c1-3-5-8-6-7-11(9,10)4-2/h8H,3-7H2,1-2H3. The molecule has 0 aromatic heterocycles. The lowest BCUT2D eigenvalue weighted by molar-refractivity contribution is 0.591. The van der Waals surface area contributed by atoms with Gasteiger partial charge in [-0.2, -0.15) is 0 Å². The predicted octanol–water partition coefficient (Wildman–Crippen LogP) is 0.421. The van der Waals surface area contributed by atoms with Crippen LogP contribution in [0.2, 0.25) is 0 Å². The molecule has 0 aliphatic carbocycles. The van der Waals surface area contributed by atoms with Crippen molar-refractivity contribution in [2.24, 2.45) is 0 Å². The Morgan fingerprint density at radius 1 is 1.18 bits per heavy atom. The van der Waals surface area contributed by atoms with E-state index in [0.717, 1.165) is 13.0 Å². The molecule has 11 heavy (non-hydrogen) atoms. The lowest BCUT2D eigenvalue weighted by Gasteiger charge is -2.01. The van der Waals surface area contributed by atoms with Crippen molar-refractivity contribution >= 4 is 9.84 Å². The maximum atomic E-state index is 10.9. The maximum Gasteiger partial charge on any atom is 0.151 e. The molecule has 0 saturated carbocycles. The Morgan fingerprint density at radius 2 is 1.82 bits per heavy atom. The minimum absolute atomic E-state index is 0.251. The molecule has 3 nitrogen and oxygen atoms in total. The highest BCUT2D eigenvalue weighted by atomic mass is 32.2. The Hall–Kier alpha value is -0.0900. The van der Waals surface area contributed by atoms with Crippen LogP contribution in [0, 0.1) is 0 Å². The topological polar surface area (TPSA) is 46.2 Å². The van der Waals surface area contributed by atoms with E-state index >= 15 is 0 Å². The highest BCUT2D eigenvalue weighted by molar-refractivity contribution is 7.91. The summed E-state index contributed by atoms with van der Waals surface area (Å²) in [5, 5.41) is 3.05. The molecular weight excluding hydrogens is 162 g/mol. The van der Waals surface area contributed by atoms with Crippen LogP contribution in [0.15, 0.2) is 0 Å². The normalized spacial score (nSPS) is 11.8. The Kier molecular flexibility index (Phi) is 5.50. The third-order valence-electron chi connectivity index (χ3n) is 1.46. The molecule has 0 amide bonds. The third kappa shape index (κ3) is 6.31. The van der Waals surface area contributed by atoms with Gasteiger partial charge in [0.2, 0.25) is 0 Å². The summed E-state index contributed by atoms with van der Waals surface area (Å²) in [5.74, 6) is 0.518. The minimum atomic E-state index is -2.76. The van der Waals surface area contributed by atoms with E-state index in [9.17, 15) is 8.42 Å². The van der Waals surface area contributed by atoms with E-state index in [1.807, 2.05) is 0 Å². The Bertz CT molecular complexity index is 175. The van der Waals surface area contributed by atoms with Crippen molar-refractivity contribution in [3.05, 3.63) is 0 Å². The number of hydrogen-bond acceptors (Lipinski definition) is 3. The first-order chi connectivity index (χ1) is 5.12. The molecule has 0 aromatic rings. The first-order valence-electron chi connectivity index (χ1n) is 4.03. The van der Waals surface area contributed by atoms with Gasteiger partial charge >= 0.3 is 0 Å². The molecule has 4 heteroatoms. The van der Waals surface area contributed by atoms with Crippen LogP contribution in [-0.4, -0.2) is 33.0 Å². The van der Waals surface area contributed by atoms with Gasteiger partial charge in [0, 0.05) is 12.3 Å². The van der Waals surface area contributed by atoms with Gasteiger partial charge in [-0.05, 0) is 13.0 Å². The zero-order valence-electron chi connectivity index (χ0n) is 7.26. The van der Waals surface area contributed by atoms with Crippen LogP contribution in [0.25, 0.3) is 0 Å². The van der Waals surface area contributed by atoms with Crippen LogP contribution >= 0.6 is 0 Å². The zero-order valence-corrected chi connectivity index (χ0v) is 8.08. The summed E-state index contributed by atoms with van der Waals surface area (Å²) in [6, 6.07) is 0. The molecule has 0 unspecified atom stereocenters. The summed E-state index contributed by atoms with van der Waals surface area (Å²) in [7, 11) is -2.76. The van der Waals surface area contributed by atoms with Gasteiger partial charge in [-0.15, -0.1) is 0 Å². The second kappa shape index (κ2) is 5.55. The van der Waals surface area contributed by atoms with E-state index in [2.05, 4.69) is 12.2 Å². The lowest BCUT2D eigenvalue weighted by Crippen LogP contribution is -2.24. The highest BCUT2D eigenvalue weighted by Gasteiger charge is 2.04. The molecule has 0 aliphatic rings. The molecule has 0 saturated heterocycles. The number of rotatable bonds is 6. The molecule has 1 N–H and O–H groups in total. The number of hydrogen-bond donors (Lipinski definition) is 1. The molecule has 68 valence electrons. The smallest absolute Gasteiger partial charge is 0.151 e. The molecule has 0 radical (unpaired) electrons. The SMILES string of the molecule is CCCNCCS(=O)(=O)CC. The quantitative estimate of drug-likeness (QED) is 0.601. The summed E-state index contributed by atoms with van der Waals surface area (Å²) in [6.45, 7) is 5.22. The average Bonchev–Trinajstić information content (AvgIpc) is 1.99. The van der Waals surface area contributed by atoms with Crippen molar-refractivity contribution in [1.29, 1.82) is 0 Å². The van der Waals surface area contributed by atoms with Crippen LogP contribution in [0.5, 0.6) is 0 Å². The van der Waals surface area contributed by atoms with Crippen LogP contribution < -0.4 is 5.32 Å². The van der Waals surface area contributed by atoms with E-state index in [4.69, 9.17) is 0 Å². The molecule has 0 rings (SSSR count). The van der Waals surface area contributed by atoms with Crippen molar-refractivity contribution in [2.75, 3.05) is 24.6 Å². The second-order valence-corrected chi connectivity index (χ2v) is 4.96.